The van der Waals surface area contributed by atoms with Crippen LogP contribution in [0.15, 0.2) is 11.3 Å². The van der Waals surface area contributed by atoms with Gasteiger partial charge in [0.25, 0.3) is 0 Å². The second-order valence-electron chi connectivity index (χ2n) is 3.53. The second kappa shape index (κ2) is 4.87. The molecule has 90 valence electrons. The van der Waals surface area contributed by atoms with Gasteiger partial charge in [0.15, 0.2) is 6.23 Å². The molecule has 0 fully saturated rings. The number of nitrogens with two attached hydrogens (primary N) is 1. The van der Waals surface area contributed by atoms with Crippen LogP contribution in [0.4, 0.5) is 4.79 Å². The molecule has 6 heteroatoms. The Morgan fingerprint density at radius 2 is 2.19 bits per heavy atom. The topological polar surface area (TPSA) is 90.7 Å². The third-order valence-electron chi connectivity index (χ3n) is 2.37. The summed E-state index contributed by atoms with van der Waals surface area (Å²) in [5, 5.41) is 2.42. The summed E-state index contributed by atoms with van der Waals surface area (Å²) in [6.07, 6.45) is -0.600. The minimum absolute atomic E-state index is 0.272. The molecular formula is C10H16N2O4. The van der Waals surface area contributed by atoms with Gasteiger partial charge in [-0.05, 0) is 13.8 Å². The quantitative estimate of drug-likeness (QED) is 0.687. The molecule has 0 saturated carbocycles. The number of urea groups is 1. The Hall–Kier alpha value is -1.72. The van der Waals surface area contributed by atoms with Gasteiger partial charge < -0.3 is 20.5 Å². The SMILES string of the molecule is CCOC(=O)C1=C(C)O[C@@H](NC(N)=O)[C@H]1C. The van der Waals surface area contributed by atoms with Gasteiger partial charge in [-0.1, -0.05) is 6.92 Å². The van der Waals surface area contributed by atoms with Crippen molar-refractivity contribution in [3.05, 3.63) is 11.3 Å². The molecular weight excluding hydrogens is 212 g/mol. The van der Waals surface area contributed by atoms with E-state index in [0.717, 1.165) is 0 Å². The molecule has 2 amide bonds. The lowest BCUT2D eigenvalue weighted by atomic mass is 10.0. The van der Waals surface area contributed by atoms with Gasteiger partial charge >= 0.3 is 12.0 Å². The molecule has 1 rings (SSSR count). The van der Waals surface area contributed by atoms with Gasteiger partial charge in [0, 0.05) is 5.92 Å². The van der Waals surface area contributed by atoms with E-state index in [2.05, 4.69) is 5.32 Å². The smallest absolute Gasteiger partial charge is 0.337 e. The Bertz CT molecular complexity index is 338. The van der Waals surface area contributed by atoms with E-state index >= 15 is 0 Å². The summed E-state index contributed by atoms with van der Waals surface area (Å²) in [7, 11) is 0. The van der Waals surface area contributed by atoms with Crippen molar-refractivity contribution in [1.82, 2.24) is 5.32 Å². The highest BCUT2D eigenvalue weighted by Gasteiger charge is 2.36. The van der Waals surface area contributed by atoms with Gasteiger partial charge in [0.05, 0.1) is 12.2 Å². The van der Waals surface area contributed by atoms with E-state index in [9.17, 15) is 9.59 Å². The van der Waals surface area contributed by atoms with Gasteiger partial charge in [0.2, 0.25) is 0 Å². The van der Waals surface area contributed by atoms with Crippen LogP contribution in [0.25, 0.3) is 0 Å². The lowest BCUT2D eigenvalue weighted by Gasteiger charge is -2.16. The first-order chi connectivity index (χ1) is 7.47. The minimum Gasteiger partial charge on any atom is -0.474 e. The molecule has 1 aliphatic rings. The van der Waals surface area contributed by atoms with Crippen molar-refractivity contribution in [2.45, 2.75) is 27.0 Å². The average Bonchev–Trinajstić information content (AvgIpc) is 2.41. The van der Waals surface area contributed by atoms with Gasteiger partial charge in [0.1, 0.15) is 5.76 Å². The predicted octanol–water partition coefficient (Wildman–Crippen LogP) is 0.484. The minimum atomic E-state index is -0.685. The van der Waals surface area contributed by atoms with Crippen LogP contribution in [0.3, 0.4) is 0 Å². The molecule has 16 heavy (non-hydrogen) atoms. The van der Waals surface area contributed by atoms with E-state index in [-0.39, 0.29) is 5.92 Å². The fraction of sp³-hybridized carbons (Fsp3) is 0.600. The standard InChI is InChI=1S/C10H16N2O4/c1-4-15-9(13)7-5(2)8(12-10(11)14)16-6(7)3/h5,8H,4H2,1-3H3,(H3,11,12,14)/t5-,8+/m0/s1. The first kappa shape index (κ1) is 12.4. The Labute approximate surface area is 93.8 Å². The average molecular weight is 228 g/mol. The van der Waals surface area contributed by atoms with Crippen LogP contribution in [0.2, 0.25) is 0 Å². The van der Waals surface area contributed by atoms with Crippen molar-refractivity contribution in [3.63, 3.8) is 0 Å². The fourth-order valence-electron chi connectivity index (χ4n) is 1.66. The van der Waals surface area contributed by atoms with E-state index in [1.807, 2.05) is 0 Å². The lowest BCUT2D eigenvalue weighted by molar-refractivity contribution is -0.139. The molecule has 0 radical (unpaired) electrons. The number of ether oxygens (including phenoxy) is 2. The number of hydrogen-bond acceptors (Lipinski definition) is 4. The van der Waals surface area contributed by atoms with E-state index < -0.39 is 18.2 Å². The number of amides is 2. The van der Waals surface area contributed by atoms with E-state index in [4.69, 9.17) is 15.2 Å². The Morgan fingerprint density at radius 1 is 1.56 bits per heavy atom. The Balaban J connectivity index is 2.75. The van der Waals surface area contributed by atoms with Crippen LogP contribution in [0.5, 0.6) is 0 Å². The number of esters is 1. The highest BCUT2D eigenvalue weighted by atomic mass is 16.5. The van der Waals surface area contributed by atoms with Crippen LogP contribution in [0.1, 0.15) is 20.8 Å². The van der Waals surface area contributed by atoms with Crippen molar-refractivity contribution in [3.8, 4) is 0 Å². The lowest BCUT2D eigenvalue weighted by Crippen LogP contribution is -2.42. The highest BCUT2D eigenvalue weighted by molar-refractivity contribution is 5.90. The molecule has 2 atom stereocenters. The summed E-state index contributed by atoms with van der Waals surface area (Å²) in [6, 6.07) is -0.685. The Morgan fingerprint density at radius 3 is 2.69 bits per heavy atom. The highest BCUT2D eigenvalue weighted by Crippen LogP contribution is 2.30. The van der Waals surface area contributed by atoms with Crippen molar-refractivity contribution >= 4 is 12.0 Å². The number of nitrogens with one attached hydrogen (secondary N) is 1. The summed E-state index contributed by atoms with van der Waals surface area (Å²) in [6.45, 7) is 5.46. The first-order valence-electron chi connectivity index (χ1n) is 5.07. The van der Waals surface area contributed by atoms with E-state index in [1.165, 1.54) is 0 Å². The zero-order valence-electron chi connectivity index (χ0n) is 9.57. The normalized spacial score (nSPS) is 23.9. The largest absolute Gasteiger partial charge is 0.474 e. The van der Waals surface area contributed by atoms with Crippen molar-refractivity contribution in [2.24, 2.45) is 11.7 Å². The number of carbonyl (C=O) groups is 2. The second-order valence-corrected chi connectivity index (χ2v) is 3.53. The number of hydrogen-bond donors (Lipinski definition) is 2. The van der Waals surface area contributed by atoms with Gasteiger partial charge in [-0.3, -0.25) is 0 Å². The van der Waals surface area contributed by atoms with Crippen LogP contribution >= 0.6 is 0 Å². The third-order valence-corrected chi connectivity index (χ3v) is 2.37. The monoisotopic (exact) mass is 228 g/mol. The molecule has 0 aromatic heterocycles. The molecule has 0 aromatic rings. The maximum atomic E-state index is 11.6. The zero-order valence-corrected chi connectivity index (χ0v) is 9.57. The summed E-state index contributed by atoms with van der Waals surface area (Å²) in [5.41, 5.74) is 5.44. The van der Waals surface area contributed by atoms with Crippen LogP contribution < -0.4 is 11.1 Å². The van der Waals surface area contributed by atoms with Gasteiger partial charge in [-0.25, -0.2) is 9.59 Å². The van der Waals surface area contributed by atoms with E-state index in [0.29, 0.717) is 17.9 Å². The van der Waals surface area contributed by atoms with Crippen LogP contribution in [-0.2, 0) is 14.3 Å². The summed E-state index contributed by atoms with van der Waals surface area (Å²) < 4.78 is 10.2. The molecule has 0 aliphatic carbocycles. The Kier molecular flexibility index (Phi) is 3.76. The number of primary amides is 1. The molecule has 0 aromatic carbocycles. The van der Waals surface area contributed by atoms with Crippen molar-refractivity contribution < 1.29 is 19.1 Å². The van der Waals surface area contributed by atoms with Crippen LogP contribution in [-0.4, -0.2) is 24.8 Å². The third kappa shape index (κ3) is 2.44. The molecule has 0 spiro atoms. The number of allylic oxidation sites excluding steroid dienone is 1. The van der Waals surface area contributed by atoms with Crippen molar-refractivity contribution in [2.75, 3.05) is 6.61 Å². The molecule has 0 saturated heterocycles. The number of rotatable bonds is 3. The van der Waals surface area contributed by atoms with Crippen molar-refractivity contribution in [1.29, 1.82) is 0 Å². The molecule has 0 bridgehead atoms. The molecule has 3 N–H and O–H groups in total. The molecule has 0 unspecified atom stereocenters. The maximum absolute atomic E-state index is 11.6. The molecule has 6 nitrogen and oxygen atoms in total. The maximum Gasteiger partial charge on any atom is 0.337 e. The van der Waals surface area contributed by atoms with Crippen LogP contribution in [0, 0.1) is 5.92 Å². The predicted molar refractivity (Wildman–Crippen MR) is 56.1 cm³/mol. The summed E-state index contributed by atoms with van der Waals surface area (Å²) >= 11 is 0. The summed E-state index contributed by atoms with van der Waals surface area (Å²) in [4.78, 5) is 22.3. The summed E-state index contributed by atoms with van der Waals surface area (Å²) in [5.74, 6) is -0.225. The fourth-order valence-corrected chi connectivity index (χ4v) is 1.66. The zero-order chi connectivity index (χ0) is 12.3. The number of carbonyl (C=O) groups excluding carboxylic acids is 2. The first-order valence-corrected chi connectivity index (χ1v) is 5.07. The molecule has 1 heterocycles. The molecule has 1 aliphatic heterocycles. The van der Waals surface area contributed by atoms with Gasteiger partial charge in [-0.15, -0.1) is 0 Å². The van der Waals surface area contributed by atoms with Gasteiger partial charge in [-0.2, -0.15) is 0 Å². The van der Waals surface area contributed by atoms with E-state index in [1.54, 1.807) is 20.8 Å².